The Balaban J connectivity index is 2.94. The third kappa shape index (κ3) is 1.05. The molecule has 0 atom stereocenters. The first-order valence-electron chi connectivity index (χ1n) is 3.51. The lowest BCUT2D eigenvalue weighted by molar-refractivity contribution is 1.41. The highest BCUT2D eigenvalue weighted by atomic mass is 127. The SMILES string of the molecule is Cc1cccc2c(I)c[nH]c12. The summed E-state index contributed by atoms with van der Waals surface area (Å²) < 4.78 is 1.29. The maximum absolute atomic E-state index is 3.25. The van der Waals surface area contributed by atoms with Crippen LogP contribution in [0.15, 0.2) is 24.4 Å². The van der Waals surface area contributed by atoms with Gasteiger partial charge in [-0.15, -0.1) is 0 Å². The van der Waals surface area contributed by atoms with E-state index in [1.54, 1.807) is 0 Å². The van der Waals surface area contributed by atoms with Crippen LogP contribution in [0.1, 0.15) is 5.56 Å². The first-order chi connectivity index (χ1) is 5.29. The molecule has 0 amide bonds. The quantitative estimate of drug-likeness (QED) is 0.698. The van der Waals surface area contributed by atoms with Gasteiger partial charge in [0, 0.05) is 20.7 Å². The van der Waals surface area contributed by atoms with Crippen LogP contribution >= 0.6 is 22.6 Å². The van der Waals surface area contributed by atoms with Crippen molar-refractivity contribution in [3.63, 3.8) is 0 Å². The van der Waals surface area contributed by atoms with E-state index in [1.165, 1.54) is 20.0 Å². The van der Waals surface area contributed by atoms with Gasteiger partial charge in [0.1, 0.15) is 0 Å². The second-order valence-corrected chi connectivity index (χ2v) is 3.80. The summed E-state index contributed by atoms with van der Waals surface area (Å²) in [5, 5.41) is 1.32. The summed E-state index contributed by atoms with van der Waals surface area (Å²) in [5.41, 5.74) is 2.57. The number of H-pyrrole nitrogens is 1. The van der Waals surface area contributed by atoms with Gasteiger partial charge in [0.25, 0.3) is 0 Å². The predicted molar refractivity (Wildman–Crippen MR) is 55.8 cm³/mol. The minimum atomic E-state index is 1.26. The molecule has 0 aliphatic carbocycles. The summed E-state index contributed by atoms with van der Waals surface area (Å²) in [6.45, 7) is 2.12. The van der Waals surface area contributed by atoms with E-state index in [4.69, 9.17) is 0 Å². The second-order valence-electron chi connectivity index (χ2n) is 2.63. The summed E-state index contributed by atoms with van der Waals surface area (Å²) >= 11 is 2.34. The van der Waals surface area contributed by atoms with Crippen LogP contribution in [0, 0.1) is 10.5 Å². The Labute approximate surface area is 78.9 Å². The van der Waals surface area contributed by atoms with Crippen molar-refractivity contribution < 1.29 is 0 Å². The fourth-order valence-corrected chi connectivity index (χ4v) is 1.88. The number of hydrogen-bond acceptors (Lipinski definition) is 0. The molecule has 56 valence electrons. The molecule has 11 heavy (non-hydrogen) atoms. The largest absolute Gasteiger partial charge is 0.360 e. The van der Waals surface area contributed by atoms with E-state index in [9.17, 15) is 0 Å². The van der Waals surface area contributed by atoms with Crippen molar-refractivity contribution in [3.05, 3.63) is 33.5 Å². The van der Waals surface area contributed by atoms with Crippen LogP contribution in [-0.2, 0) is 0 Å². The monoisotopic (exact) mass is 257 g/mol. The molecule has 0 spiro atoms. The summed E-state index contributed by atoms with van der Waals surface area (Å²) in [7, 11) is 0. The van der Waals surface area contributed by atoms with Gasteiger partial charge in [-0.05, 0) is 35.1 Å². The smallest absolute Gasteiger partial charge is 0.0494 e. The number of rotatable bonds is 0. The van der Waals surface area contributed by atoms with Gasteiger partial charge < -0.3 is 4.98 Å². The number of para-hydroxylation sites is 1. The van der Waals surface area contributed by atoms with Crippen LogP contribution in [0.25, 0.3) is 10.9 Å². The van der Waals surface area contributed by atoms with Crippen molar-refractivity contribution in [2.45, 2.75) is 6.92 Å². The van der Waals surface area contributed by atoms with Crippen LogP contribution in [0.4, 0.5) is 0 Å². The number of aromatic amines is 1. The highest BCUT2D eigenvalue weighted by Crippen LogP contribution is 2.21. The van der Waals surface area contributed by atoms with Gasteiger partial charge in [-0.1, -0.05) is 18.2 Å². The fraction of sp³-hybridized carbons (Fsp3) is 0.111. The first-order valence-corrected chi connectivity index (χ1v) is 4.59. The number of aryl methyl sites for hydroxylation is 1. The van der Waals surface area contributed by atoms with Gasteiger partial charge in [0.15, 0.2) is 0 Å². The van der Waals surface area contributed by atoms with E-state index in [0.717, 1.165) is 0 Å². The van der Waals surface area contributed by atoms with Crippen molar-refractivity contribution >= 4 is 33.5 Å². The Morgan fingerprint density at radius 1 is 1.36 bits per heavy atom. The van der Waals surface area contributed by atoms with E-state index in [1.807, 2.05) is 6.20 Å². The summed E-state index contributed by atoms with van der Waals surface area (Å²) in [6, 6.07) is 6.35. The summed E-state index contributed by atoms with van der Waals surface area (Å²) in [4.78, 5) is 3.25. The third-order valence-corrected chi connectivity index (χ3v) is 2.77. The first kappa shape index (κ1) is 7.16. The van der Waals surface area contributed by atoms with E-state index in [0.29, 0.717) is 0 Å². The van der Waals surface area contributed by atoms with E-state index >= 15 is 0 Å². The molecule has 0 saturated heterocycles. The van der Waals surface area contributed by atoms with Crippen LogP contribution < -0.4 is 0 Å². The maximum atomic E-state index is 3.25. The lowest BCUT2D eigenvalue weighted by atomic mass is 10.2. The van der Waals surface area contributed by atoms with E-state index < -0.39 is 0 Å². The zero-order chi connectivity index (χ0) is 7.84. The van der Waals surface area contributed by atoms with Crippen molar-refractivity contribution in [1.82, 2.24) is 4.98 Å². The molecule has 0 aliphatic heterocycles. The molecular weight excluding hydrogens is 249 g/mol. The number of hydrogen-bond donors (Lipinski definition) is 1. The van der Waals surface area contributed by atoms with E-state index in [2.05, 4.69) is 52.7 Å². The van der Waals surface area contributed by atoms with Gasteiger partial charge in [0.2, 0.25) is 0 Å². The second kappa shape index (κ2) is 2.52. The normalized spacial score (nSPS) is 10.7. The number of aromatic nitrogens is 1. The van der Waals surface area contributed by atoms with Gasteiger partial charge in [-0.2, -0.15) is 0 Å². The minimum Gasteiger partial charge on any atom is -0.360 e. The molecule has 0 saturated carbocycles. The maximum Gasteiger partial charge on any atom is 0.0494 e. The molecule has 0 bridgehead atoms. The summed E-state index contributed by atoms with van der Waals surface area (Å²) in [6.07, 6.45) is 2.04. The van der Waals surface area contributed by atoms with Crippen molar-refractivity contribution in [2.24, 2.45) is 0 Å². The highest BCUT2D eigenvalue weighted by Gasteiger charge is 2.00. The molecule has 1 heterocycles. The third-order valence-electron chi connectivity index (χ3n) is 1.87. The highest BCUT2D eigenvalue weighted by molar-refractivity contribution is 14.1. The standard InChI is InChI=1S/C9H8IN/c1-6-3-2-4-7-8(10)5-11-9(6)7/h2-5,11H,1H3. The molecular formula is C9H8IN. The molecule has 2 rings (SSSR count). The molecule has 1 aromatic carbocycles. The van der Waals surface area contributed by atoms with Gasteiger partial charge >= 0.3 is 0 Å². The van der Waals surface area contributed by atoms with Gasteiger partial charge in [-0.3, -0.25) is 0 Å². The fourth-order valence-electron chi connectivity index (χ4n) is 1.27. The molecule has 2 heteroatoms. The number of nitrogens with one attached hydrogen (secondary N) is 1. The number of fused-ring (bicyclic) bond motifs is 1. The minimum absolute atomic E-state index is 1.26. The van der Waals surface area contributed by atoms with Gasteiger partial charge in [-0.25, -0.2) is 0 Å². The topological polar surface area (TPSA) is 15.8 Å². The molecule has 1 aromatic heterocycles. The van der Waals surface area contributed by atoms with Crippen LogP contribution in [0.2, 0.25) is 0 Å². The lowest BCUT2D eigenvalue weighted by Crippen LogP contribution is -1.73. The zero-order valence-corrected chi connectivity index (χ0v) is 8.34. The van der Waals surface area contributed by atoms with Gasteiger partial charge in [0.05, 0.1) is 0 Å². The lowest BCUT2D eigenvalue weighted by Gasteiger charge is -1.93. The van der Waals surface area contributed by atoms with Crippen molar-refractivity contribution in [2.75, 3.05) is 0 Å². The average molecular weight is 257 g/mol. The number of halogens is 1. The van der Waals surface area contributed by atoms with E-state index in [-0.39, 0.29) is 0 Å². The van der Waals surface area contributed by atoms with Crippen LogP contribution in [0.3, 0.4) is 0 Å². The average Bonchev–Trinajstić information content (AvgIpc) is 2.35. The summed E-state index contributed by atoms with van der Waals surface area (Å²) in [5.74, 6) is 0. The van der Waals surface area contributed by atoms with Crippen LogP contribution in [0.5, 0.6) is 0 Å². The molecule has 0 aliphatic rings. The Hall–Kier alpha value is -0.510. The molecule has 0 fully saturated rings. The molecule has 1 N–H and O–H groups in total. The van der Waals surface area contributed by atoms with Crippen molar-refractivity contribution in [3.8, 4) is 0 Å². The predicted octanol–water partition coefficient (Wildman–Crippen LogP) is 3.08. The molecule has 1 nitrogen and oxygen atoms in total. The zero-order valence-electron chi connectivity index (χ0n) is 6.19. The number of benzene rings is 1. The Morgan fingerprint density at radius 2 is 2.18 bits per heavy atom. The Kier molecular flexibility index (Phi) is 1.64. The molecule has 0 radical (unpaired) electrons. The van der Waals surface area contributed by atoms with Crippen molar-refractivity contribution in [1.29, 1.82) is 0 Å². The Bertz CT molecular complexity index is 389. The molecule has 2 aromatic rings. The van der Waals surface area contributed by atoms with Crippen LogP contribution in [-0.4, -0.2) is 4.98 Å². The molecule has 0 unspecified atom stereocenters. The Morgan fingerprint density at radius 3 is 2.91 bits per heavy atom.